The lowest BCUT2D eigenvalue weighted by molar-refractivity contribution is 0.0485. The molecule has 4 rings (SSSR count). The van der Waals surface area contributed by atoms with Crippen LogP contribution in [0.5, 0.6) is 0 Å². The zero-order valence-electron chi connectivity index (χ0n) is 13.4. The number of halogens is 1. The molecular formula is C18H20BrN3O2. The molecule has 24 heavy (non-hydrogen) atoms. The third-order valence-electron chi connectivity index (χ3n) is 4.99. The van der Waals surface area contributed by atoms with E-state index >= 15 is 0 Å². The van der Waals surface area contributed by atoms with Gasteiger partial charge >= 0.3 is 0 Å². The first-order valence-corrected chi connectivity index (χ1v) is 9.30. The van der Waals surface area contributed by atoms with E-state index in [0.717, 1.165) is 41.4 Å². The quantitative estimate of drug-likeness (QED) is 0.870. The van der Waals surface area contributed by atoms with Gasteiger partial charge in [-0.2, -0.15) is 0 Å². The number of carbonyl (C=O) groups excluding carboxylic acids is 1. The Morgan fingerprint density at radius 3 is 2.67 bits per heavy atom. The second-order valence-corrected chi connectivity index (χ2v) is 7.53. The Bertz CT molecular complexity index is 757. The van der Waals surface area contributed by atoms with Gasteiger partial charge in [-0.15, -0.1) is 0 Å². The average molecular weight is 390 g/mol. The van der Waals surface area contributed by atoms with E-state index in [2.05, 4.69) is 31.2 Å². The molecule has 2 aromatic heterocycles. The molecule has 0 aromatic carbocycles. The van der Waals surface area contributed by atoms with Crippen molar-refractivity contribution in [3.8, 4) is 0 Å². The molecule has 1 unspecified atom stereocenters. The molecule has 3 heterocycles. The summed E-state index contributed by atoms with van der Waals surface area (Å²) in [5.41, 5.74) is 1.23. The average Bonchev–Trinajstić information content (AvgIpc) is 3.45. The predicted molar refractivity (Wildman–Crippen MR) is 94.8 cm³/mol. The molecule has 2 aliphatic rings. The molecule has 6 heteroatoms. The standard InChI is InChI=1S/C18H20BrN3O2/c19-14-10-20-9-13-3-4-15(21-17(13)14)18(23)22-16(11-1-2-11)12-5-7-24-8-6-12/h3-4,9-12,16H,1-2,5-8H2,(H,22,23). The second kappa shape index (κ2) is 6.76. The van der Waals surface area contributed by atoms with Crippen molar-refractivity contribution in [1.82, 2.24) is 15.3 Å². The number of aromatic nitrogens is 2. The van der Waals surface area contributed by atoms with E-state index in [4.69, 9.17) is 4.74 Å². The van der Waals surface area contributed by atoms with Crippen LogP contribution in [0.1, 0.15) is 36.2 Å². The zero-order valence-corrected chi connectivity index (χ0v) is 15.0. The highest BCUT2D eigenvalue weighted by Crippen LogP contribution is 2.38. The largest absolute Gasteiger partial charge is 0.381 e. The SMILES string of the molecule is O=C(NC(C1CCOCC1)C1CC1)c1ccc2cncc(Br)c2n1. The van der Waals surface area contributed by atoms with Crippen molar-refractivity contribution < 1.29 is 9.53 Å². The summed E-state index contributed by atoms with van der Waals surface area (Å²) in [6.45, 7) is 1.61. The molecule has 5 nitrogen and oxygen atoms in total. The van der Waals surface area contributed by atoms with Crippen LogP contribution in [0, 0.1) is 11.8 Å². The number of fused-ring (bicyclic) bond motifs is 1. The molecule has 2 fully saturated rings. The van der Waals surface area contributed by atoms with Crippen LogP contribution < -0.4 is 5.32 Å². The molecule has 1 saturated carbocycles. The lowest BCUT2D eigenvalue weighted by atomic mass is 9.88. The Kier molecular flexibility index (Phi) is 4.50. The van der Waals surface area contributed by atoms with Gasteiger partial charge in [-0.05, 0) is 65.6 Å². The Balaban J connectivity index is 1.55. The summed E-state index contributed by atoms with van der Waals surface area (Å²) in [4.78, 5) is 21.4. The van der Waals surface area contributed by atoms with Crippen LogP contribution in [0.4, 0.5) is 0 Å². The van der Waals surface area contributed by atoms with Crippen LogP contribution in [0.25, 0.3) is 10.9 Å². The highest BCUT2D eigenvalue weighted by atomic mass is 79.9. The summed E-state index contributed by atoms with van der Waals surface area (Å²) in [5, 5.41) is 4.18. The molecule has 1 aliphatic carbocycles. The summed E-state index contributed by atoms with van der Waals surface area (Å²) < 4.78 is 6.27. The summed E-state index contributed by atoms with van der Waals surface area (Å²) in [6.07, 6.45) is 7.94. The third-order valence-corrected chi connectivity index (χ3v) is 5.57. The minimum Gasteiger partial charge on any atom is -0.381 e. The van der Waals surface area contributed by atoms with Crippen LogP contribution in [0.2, 0.25) is 0 Å². The van der Waals surface area contributed by atoms with Crippen LogP contribution in [0.15, 0.2) is 29.0 Å². The number of amides is 1. The molecular weight excluding hydrogens is 370 g/mol. The van der Waals surface area contributed by atoms with Crippen LogP contribution >= 0.6 is 15.9 Å². The van der Waals surface area contributed by atoms with Crippen molar-refractivity contribution in [2.24, 2.45) is 11.8 Å². The highest BCUT2D eigenvalue weighted by Gasteiger charge is 2.38. The molecule has 1 atom stereocenters. The van der Waals surface area contributed by atoms with E-state index in [0.29, 0.717) is 17.5 Å². The van der Waals surface area contributed by atoms with Crippen molar-refractivity contribution in [1.29, 1.82) is 0 Å². The van der Waals surface area contributed by atoms with Gasteiger partial charge in [0, 0.05) is 37.0 Å². The first-order chi connectivity index (χ1) is 11.7. The Hall–Kier alpha value is -1.53. The lowest BCUT2D eigenvalue weighted by Crippen LogP contribution is -2.44. The normalized spacial score (nSPS) is 20.0. The minimum absolute atomic E-state index is 0.0796. The highest BCUT2D eigenvalue weighted by molar-refractivity contribution is 9.10. The van der Waals surface area contributed by atoms with Crippen LogP contribution in [-0.2, 0) is 4.74 Å². The number of rotatable bonds is 4. The summed E-state index contributed by atoms with van der Waals surface area (Å²) in [6, 6.07) is 3.93. The van der Waals surface area contributed by atoms with Gasteiger partial charge in [0.2, 0.25) is 0 Å². The fourth-order valence-electron chi connectivity index (χ4n) is 3.51. The first-order valence-electron chi connectivity index (χ1n) is 8.51. The summed E-state index contributed by atoms with van der Waals surface area (Å²) in [5.74, 6) is 1.06. The molecule has 2 aromatic rings. The zero-order chi connectivity index (χ0) is 16.5. The Labute approximate surface area is 149 Å². The number of ether oxygens (including phenoxy) is 1. The maximum Gasteiger partial charge on any atom is 0.270 e. The summed E-state index contributed by atoms with van der Waals surface area (Å²) >= 11 is 3.46. The molecule has 126 valence electrons. The van der Waals surface area contributed by atoms with Crippen LogP contribution in [0.3, 0.4) is 0 Å². The van der Waals surface area contributed by atoms with Crippen molar-refractivity contribution in [2.45, 2.75) is 31.7 Å². The lowest BCUT2D eigenvalue weighted by Gasteiger charge is -2.31. The topological polar surface area (TPSA) is 64.1 Å². The molecule has 0 spiro atoms. The third kappa shape index (κ3) is 3.30. The van der Waals surface area contributed by atoms with Gasteiger partial charge in [0.15, 0.2) is 0 Å². The Morgan fingerprint density at radius 2 is 1.92 bits per heavy atom. The fourth-order valence-corrected chi connectivity index (χ4v) is 3.95. The molecule has 1 amide bonds. The van der Waals surface area contributed by atoms with Gasteiger partial charge < -0.3 is 10.1 Å². The number of nitrogens with one attached hydrogen (secondary N) is 1. The predicted octanol–water partition coefficient (Wildman–Crippen LogP) is 3.33. The maximum absolute atomic E-state index is 12.7. The van der Waals surface area contributed by atoms with E-state index in [-0.39, 0.29) is 11.9 Å². The van der Waals surface area contributed by atoms with Crippen molar-refractivity contribution >= 4 is 32.7 Å². The van der Waals surface area contributed by atoms with Gasteiger partial charge in [0.25, 0.3) is 5.91 Å². The number of hydrogen-bond acceptors (Lipinski definition) is 4. The second-order valence-electron chi connectivity index (χ2n) is 6.68. The molecule has 0 radical (unpaired) electrons. The van der Waals surface area contributed by atoms with E-state index in [9.17, 15) is 4.79 Å². The molecule has 1 aliphatic heterocycles. The molecule has 0 bridgehead atoms. The molecule has 1 N–H and O–H groups in total. The number of hydrogen-bond donors (Lipinski definition) is 1. The molecule has 1 saturated heterocycles. The number of carbonyl (C=O) groups is 1. The van der Waals surface area contributed by atoms with Gasteiger partial charge in [-0.25, -0.2) is 4.98 Å². The smallest absolute Gasteiger partial charge is 0.270 e. The Morgan fingerprint density at radius 1 is 1.17 bits per heavy atom. The van der Waals surface area contributed by atoms with E-state index in [1.807, 2.05) is 6.07 Å². The van der Waals surface area contributed by atoms with Gasteiger partial charge in [-0.3, -0.25) is 9.78 Å². The van der Waals surface area contributed by atoms with E-state index in [1.165, 1.54) is 12.8 Å². The monoisotopic (exact) mass is 389 g/mol. The summed E-state index contributed by atoms with van der Waals surface area (Å²) in [7, 11) is 0. The number of pyridine rings is 2. The van der Waals surface area contributed by atoms with Gasteiger partial charge in [0.05, 0.1) is 9.99 Å². The van der Waals surface area contributed by atoms with Crippen LogP contribution in [-0.4, -0.2) is 35.1 Å². The fraction of sp³-hybridized carbons (Fsp3) is 0.500. The van der Waals surface area contributed by atoms with Crippen molar-refractivity contribution in [3.63, 3.8) is 0 Å². The minimum atomic E-state index is -0.0796. The van der Waals surface area contributed by atoms with E-state index in [1.54, 1.807) is 18.5 Å². The van der Waals surface area contributed by atoms with Gasteiger partial charge in [-0.1, -0.05) is 0 Å². The van der Waals surface area contributed by atoms with Crippen molar-refractivity contribution in [2.75, 3.05) is 13.2 Å². The number of nitrogens with zero attached hydrogens (tertiary/aromatic N) is 2. The first kappa shape index (κ1) is 16.0. The van der Waals surface area contributed by atoms with Gasteiger partial charge in [0.1, 0.15) is 5.69 Å². The maximum atomic E-state index is 12.7. The van der Waals surface area contributed by atoms with E-state index < -0.39 is 0 Å². The van der Waals surface area contributed by atoms with Crippen molar-refractivity contribution in [3.05, 3.63) is 34.7 Å².